The Morgan fingerprint density at radius 2 is 1.82 bits per heavy atom. The number of Topliss-reactive ketones (excluding diaryl/α,β-unsaturated/α-hetero) is 1. The van der Waals surface area contributed by atoms with Gasteiger partial charge in [-0.05, 0) is 29.8 Å². The minimum absolute atomic E-state index is 0.0138. The number of aromatic nitrogens is 3. The van der Waals surface area contributed by atoms with Crippen molar-refractivity contribution in [3.8, 4) is 5.75 Å². The Hall–Kier alpha value is -2.95. The van der Waals surface area contributed by atoms with Crippen molar-refractivity contribution >= 4 is 5.78 Å². The summed E-state index contributed by atoms with van der Waals surface area (Å²) in [5, 5.41) is 3.92. The lowest BCUT2D eigenvalue weighted by Crippen LogP contribution is -2.10. The van der Waals surface area contributed by atoms with E-state index < -0.39 is 0 Å². The Morgan fingerprint density at radius 3 is 2.50 bits per heavy atom. The number of carbonyl (C=O) groups excluding carboxylic acids is 1. The van der Waals surface area contributed by atoms with Crippen molar-refractivity contribution in [1.29, 1.82) is 0 Å². The van der Waals surface area contributed by atoms with Crippen LogP contribution in [0.2, 0.25) is 0 Å². The van der Waals surface area contributed by atoms with E-state index in [1.165, 1.54) is 17.3 Å². The molecule has 0 unspecified atom stereocenters. The van der Waals surface area contributed by atoms with Crippen LogP contribution < -0.4 is 4.74 Å². The molecule has 0 amide bonds. The number of hydrogen-bond donors (Lipinski definition) is 0. The van der Waals surface area contributed by atoms with Crippen molar-refractivity contribution in [3.63, 3.8) is 0 Å². The van der Waals surface area contributed by atoms with Crippen molar-refractivity contribution in [2.24, 2.45) is 0 Å². The van der Waals surface area contributed by atoms with Crippen LogP contribution in [-0.2, 0) is 13.2 Å². The van der Waals surface area contributed by atoms with E-state index in [2.05, 4.69) is 10.1 Å². The predicted octanol–water partition coefficient (Wildman–Crippen LogP) is 2.74. The van der Waals surface area contributed by atoms with Gasteiger partial charge in [0.2, 0.25) is 0 Å². The summed E-state index contributed by atoms with van der Waals surface area (Å²) in [6, 6.07) is 17.1. The van der Waals surface area contributed by atoms with Crippen LogP contribution in [0.4, 0.5) is 0 Å². The average Bonchev–Trinajstić information content (AvgIpc) is 3.07. The number of benzene rings is 2. The largest absolute Gasteiger partial charge is 0.489 e. The fourth-order valence-corrected chi connectivity index (χ4v) is 2.03. The molecular formula is C17H15N3O2. The Labute approximate surface area is 128 Å². The van der Waals surface area contributed by atoms with Crippen molar-refractivity contribution < 1.29 is 9.53 Å². The van der Waals surface area contributed by atoms with Gasteiger partial charge >= 0.3 is 0 Å². The van der Waals surface area contributed by atoms with Gasteiger partial charge in [-0.1, -0.05) is 30.3 Å². The van der Waals surface area contributed by atoms with Gasteiger partial charge in [0.25, 0.3) is 0 Å². The summed E-state index contributed by atoms with van der Waals surface area (Å²) in [4.78, 5) is 15.9. The number of ketones is 1. The maximum Gasteiger partial charge on any atom is 0.184 e. The first-order valence-electron chi connectivity index (χ1n) is 6.94. The molecule has 0 saturated heterocycles. The fraction of sp³-hybridized carbons (Fsp3) is 0.118. The van der Waals surface area contributed by atoms with Gasteiger partial charge in [0.1, 0.15) is 31.6 Å². The lowest BCUT2D eigenvalue weighted by molar-refractivity contribution is 0.0967. The van der Waals surface area contributed by atoms with Gasteiger partial charge in [-0.2, -0.15) is 5.10 Å². The monoisotopic (exact) mass is 293 g/mol. The van der Waals surface area contributed by atoms with Crippen molar-refractivity contribution in [2.45, 2.75) is 13.2 Å². The number of hydrogen-bond acceptors (Lipinski definition) is 4. The summed E-state index contributed by atoms with van der Waals surface area (Å²) in [5.74, 6) is 0.723. The van der Waals surface area contributed by atoms with Crippen molar-refractivity contribution in [2.75, 3.05) is 0 Å². The summed E-state index contributed by atoms with van der Waals surface area (Å²) in [7, 11) is 0. The minimum atomic E-state index is -0.0138. The van der Waals surface area contributed by atoms with Crippen LogP contribution >= 0.6 is 0 Å². The van der Waals surface area contributed by atoms with E-state index in [0.717, 1.165) is 11.3 Å². The van der Waals surface area contributed by atoms with Crippen LogP contribution in [0.15, 0.2) is 67.3 Å². The molecule has 5 heteroatoms. The van der Waals surface area contributed by atoms with Crippen LogP contribution in [-0.4, -0.2) is 20.5 Å². The maximum absolute atomic E-state index is 12.1. The molecule has 0 aliphatic heterocycles. The lowest BCUT2D eigenvalue weighted by Gasteiger charge is -2.07. The molecule has 0 radical (unpaired) electrons. The van der Waals surface area contributed by atoms with Crippen LogP contribution in [0, 0.1) is 0 Å². The van der Waals surface area contributed by atoms with E-state index in [9.17, 15) is 4.79 Å². The van der Waals surface area contributed by atoms with E-state index >= 15 is 0 Å². The molecule has 0 aliphatic carbocycles. The molecule has 3 aromatic rings. The number of rotatable bonds is 6. The number of nitrogens with zero attached hydrogens (tertiary/aromatic N) is 3. The van der Waals surface area contributed by atoms with Gasteiger partial charge in [-0.3, -0.25) is 4.79 Å². The first-order valence-corrected chi connectivity index (χ1v) is 6.94. The summed E-state index contributed by atoms with van der Waals surface area (Å²) < 4.78 is 7.20. The minimum Gasteiger partial charge on any atom is -0.489 e. The molecule has 110 valence electrons. The molecule has 0 aliphatic rings. The predicted molar refractivity (Wildman–Crippen MR) is 81.6 cm³/mol. The van der Waals surface area contributed by atoms with E-state index in [-0.39, 0.29) is 12.3 Å². The molecule has 5 nitrogen and oxygen atoms in total. The third-order valence-electron chi connectivity index (χ3n) is 3.20. The highest BCUT2D eigenvalue weighted by Gasteiger charge is 2.07. The van der Waals surface area contributed by atoms with E-state index in [0.29, 0.717) is 12.2 Å². The summed E-state index contributed by atoms with van der Waals surface area (Å²) >= 11 is 0. The first kappa shape index (κ1) is 14.0. The SMILES string of the molecule is O=C(Cn1cncn1)c1ccc(OCc2ccccc2)cc1. The van der Waals surface area contributed by atoms with Gasteiger partial charge in [0.05, 0.1) is 0 Å². The number of ether oxygens (including phenoxy) is 1. The molecule has 0 bridgehead atoms. The summed E-state index contributed by atoms with van der Waals surface area (Å²) in [6.45, 7) is 0.692. The van der Waals surface area contributed by atoms with Gasteiger partial charge in [-0.25, -0.2) is 9.67 Å². The average molecular weight is 293 g/mol. The molecule has 3 rings (SSSR count). The topological polar surface area (TPSA) is 57.0 Å². The third kappa shape index (κ3) is 3.58. The zero-order chi connectivity index (χ0) is 15.2. The Balaban J connectivity index is 1.59. The van der Waals surface area contributed by atoms with Gasteiger partial charge < -0.3 is 4.74 Å². The molecule has 0 spiro atoms. The molecule has 0 fully saturated rings. The second-order valence-electron chi connectivity index (χ2n) is 4.81. The zero-order valence-corrected chi connectivity index (χ0v) is 11.9. The Bertz CT molecular complexity index is 722. The van der Waals surface area contributed by atoms with Crippen LogP contribution in [0.3, 0.4) is 0 Å². The lowest BCUT2D eigenvalue weighted by atomic mass is 10.1. The molecular weight excluding hydrogens is 278 g/mol. The standard InChI is InChI=1S/C17H15N3O2/c21-17(10-20-13-18-12-19-20)15-6-8-16(9-7-15)22-11-14-4-2-1-3-5-14/h1-9,12-13H,10-11H2. The normalized spacial score (nSPS) is 10.4. The quantitative estimate of drug-likeness (QED) is 0.656. The molecule has 1 aromatic heterocycles. The molecule has 0 atom stereocenters. The molecule has 0 saturated carbocycles. The summed E-state index contributed by atoms with van der Waals surface area (Å²) in [5.41, 5.74) is 1.73. The second-order valence-corrected chi connectivity index (χ2v) is 4.81. The molecule has 1 heterocycles. The van der Waals surface area contributed by atoms with Crippen LogP contribution in [0.5, 0.6) is 5.75 Å². The zero-order valence-electron chi connectivity index (χ0n) is 11.9. The fourth-order valence-electron chi connectivity index (χ4n) is 2.03. The van der Waals surface area contributed by atoms with E-state index in [1.54, 1.807) is 24.3 Å². The van der Waals surface area contributed by atoms with E-state index in [4.69, 9.17) is 4.74 Å². The molecule has 0 N–H and O–H groups in total. The first-order chi connectivity index (χ1) is 10.8. The van der Waals surface area contributed by atoms with Crippen LogP contribution in [0.1, 0.15) is 15.9 Å². The van der Waals surface area contributed by atoms with Gasteiger partial charge in [-0.15, -0.1) is 0 Å². The summed E-state index contributed by atoms with van der Waals surface area (Å²) in [6.07, 6.45) is 2.93. The van der Waals surface area contributed by atoms with Crippen molar-refractivity contribution in [3.05, 3.63) is 78.4 Å². The third-order valence-corrected chi connectivity index (χ3v) is 3.20. The highest BCUT2D eigenvalue weighted by atomic mass is 16.5. The van der Waals surface area contributed by atoms with Gasteiger partial charge in [0, 0.05) is 5.56 Å². The maximum atomic E-state index is 12.1. The smallest absolute Gasteiger partial charge is 0.184 e. The highest BCUT2D eigenvalue weighted by molar-refractivity contribution is 5.95. The Kier molecular flexibility index (Phi) is 4.25. The highest BCUT2D eigenvalue weighted by Crippen LogP contribution is 2.15. The Morgan fingerprint density at radius 1 is 1.05 bits per heavy atom. The van der Waals surface area contributed by atoms with Gasteiger partial charge in [0.15, 0.2) is 5.78 Å². The number of carbonyl (C=O) groups is 1. The molecule has 2 aromatic carbocycles. The van der Waals surface area contributed by atoms with Crippen molar-refractivity contribution in [1.82, 2.24) is 14.8 Å². The van der Waals surface area contributed by atoms with E-state index in [1.807, 2.05) is 30.3 Å². The second kappa shape index (κ2) is 6.67. The van der Waals surface area contributed by atoms with Crippen LogP contribution in [0.25, 0.3) is 0 Å². The molecule has 22 heavy (non-hydrogen) atoms.